The summed E-state index contributed by atoms with van der Waals surface area (Å²) in [7, 11) is 0. The first-order chi connectivity index (χ1) is 12.0. The van der Waals surface area contributed by atoms with Crippen molar-refractivity contribution >= 4 is 39.3 Å². The van der Waals surface area contributed by atoms with Crippen molar-refractivity contribution in [3.8, 4) is 11.3 Å². The normalized spacial score (nSPS) is 16.4. The van der Waals surface area contributed by atoms with Gasteiger partial charge in [-0.3, -0.25) is 5.32 Å². The summed E-state index contributed by atoms with van der Waals surface area (Å²) >= 11 is 9.51. The van der Waals surface area contributed by atoms with E-state index in [0.29, 0.717) is 22.2 Å². The van der Waals surface area contributed by atoms with E-state index >= 15 is 0 Å². The number of aromatic nitrogens is 1. The summed E-state index contributed by atoms with van der Waals surface area (Å²) in [5.74, 6) is 0.479. The number of halogens is 2. The van der Waals surface area contributed by atoms with Gasteiger partial charge in [0, 0.05) is 21.0 Å². The van der Waals surface area contributed by atoms with Gasteiger partial charge in [-0.05, 0) is 43.7 Å². The molecule has 1 aliphatic rings. The van der Waals surface area contributed by atoms with Gasteiger partial charge in [0.1, 0.15) is 18.0 Å². The molecule has 0 saturated heterocycles. The fourth-order valence-electron chi connectivity index (χ4n) is 2.43. The largest absolute Gasteiger partial charge is 0.449 e. The predicted octanol–water partition coefficient (Wildman–Crippen LogP) is 5.66. The third-order valence-corrected chi connectivity index (χ3v) is 4.78. The molecule has 1 atom stereocenters. The number of anilines is 1. The average Bonchev–Trinajstić information content (AvgIpc) is 2.96. The van der Waals surface area contributed by atoms with Gasteiger partial charge in [-0.15, -0.1) is 0 Å². The van der Waals surface area contributed by atoms with Crippen molar-refractivity contribution in [3.05, 3.63) is 57.7 Å². The van der Waals surface area contributed by atoms with Crippen LogP contribution in [0.3, 0.4) is 0 Å². The number of rotatable bonds is 4. The molecule has 7 heteroatoms. The number of allylic oxidation sites excluding steroid dienone is 3. The van der Waals surface area contributed by atoms with Gasteiger partial charge in [-0.2, -0.15) is 0 Å². The van der Waals surface area contributed by atoms with Crippen LogP contribution in [0.4, 0.5) is 10.5 Å². The molecule has 1 N–H and O–H groups in total. The molecule has 3 rings (SSSR count). The van der Waals surface area contributed by atoms with Crippen molar-refractivity contribution in [3.63, 3.8) is 0 Å². The minimum absolute atomic E-state index is 0.00747. The Hall–Kier alpha value is -2.05. The van der Waals surface area contributed by atoms with Crippen molar-refractivity contribution in [1.29, 1.82) is 0 Å². The van der Waals surface area contributed by atoms with Crippen LogP contribution in [0, 0.1) is 12.8 Å². The molecule has 0 bridgehead atoms. The summed E-state index contributed by atoms with van der Waals surface area (Å²) in [4.78, 5) is 12.2. The van der Waals surface area contributed by atoms with Gasteiger partial charge in [-0.25, -0.2) is 4.79 Å². The molecule has 1 aromatic carbocycles. The standard InChI is InChI=1S/C18H16BrClN2O3/c1-11-16(17(25-22-11)12-6-8-14(19)9-7-12)21-18(23)24-10-13-4-2-3-5-15(13)20/h2-3,5-9,13H,4,10H2,1H3,(H,21,23). The second-order valence-electron chi connectivity index (χ2n) is 5.61. The van der Waals surface area contributed by atoms with Gasteiger partial charge in [-0.1, -0.05) is 44.8 Å². The highest BCUT2D eigenvalue weighted by Gasteiger charge is 2.20. The summed E-state index contributed by atoms with van der Waals surface area (Å²) in [6.45, 7) is 1.97. The maximum Gasteiger partial charge on any atom is 0.411 e. The van der Waals surface area contributed by atoms with Gasteiger partial charge in [0.15, 0.2) is 5.76 Å². The Morgan fingerprint density at radius 1 is 1.44 bits per heavy atom. The zero-order chi connectivity index (χ0) is 17.8. The van der Waals surface area contributed by atoms with Crippen LogP contribution in [0.2, 0.25) is 0 Å². The molecular weight excluding hydrogens is 408 g/mol. The van der Waals surface area contributed by atoms with E-state index < -0.39 is 6.09 Å². The predicted molar refractivity (Wildman–Crippen MR) is 101 cm³/mol. The van der Waals surface area contributed by atoms with E-state index in [1.165, 1.54) is 0 Å². The van der Waals surface area contributed by atoms with Crippen molar-refractivity contribution in [2.24, 2.45) is 5.92 Å². The van der Waals surface area contributed by atoms with Crippen LogP contribution < -0.4 is 5.32 Å². The molecule has 130 valence electrons. The molecule has 0 fully saturated rings. The van der Waals surface area contributed by atoms with E-state index in [1.54, 1.807) is 6.92 Å². The highest BCUT2D eigenvalue weighted by atomic mass is 79.9. The minimum atomic E-state index is -0.566. The maximum absolute atomic E-state index is 12.2. The summed E-state index contributed by atoms with van der Waals surface area (Å²) in [5.41, 5.74) is 1.88. The number of hydrogen-bond acceptors (Lipinski definition) is 4. The lowest BCUT2D eigenvalue weighted by Gasteiger charge is -2.17. The van der Waals surface area contributed by atoms with Gasteiger partial charge in [0.05, 0.1) is 0 Å². The summed E-state index contributed by atoms with van der Waals surface area (Å²) in [6, 6.07) is 7.53. The highest BCUT2D eigenvalue weighted by molar-refractivity contribution is 9.10. The molecule has 1 aromatic heterocycles. The number of carbonyl (C=O) groups excluding carboxylic acids is 1. The van der Waals surface area contributed by atoms with E-state index in [9.17, 15) is 4.79 Å². The number of carbonyl (C=O) groups is 1. The Balaban J connectivity index is 1.67. The molecule has 2 aromatic rings. The molecular formula is C18H16BrClN2O3. The first-order valence-electron chi connectivity index (χ1n) is 7.73. The quantitative estimate of drug-likeness (QED) is 0.689. The van der Waals surface area contributed by atoms with Gasteiger partial charge in [0.2, 0.25) is 0 Å². The molecule has 5 nitrogen and oxygen atoms in total. The van der Waals surface area contributed by atoms with Crippen molar-refractivity contribution < 1.29 is 14.1 Å². The van der Waals surface area contributed by atoms with Crippen molar-refractivity contribution in [1.82, 2.24) is 5.16 Å². The fraction of sp³-hybridized carbons (Fsp3) is 0.222. The number of ether oxygens (including phenoxy) is 1. The van der Waals surface area contributed by atoms with E-state index in [4.69, 9.17) is 20.9 Å². The van der Waals surface area contributed by atoms with Crippen molar-refractivity contribution in [2.75, 3.05) is 11.9 Å². The zero-order valence-electron chi connectivity index (χ0n) is 13.5. The van der Waals surface area contributed by atoms with Gasteiger partial charge >= 0.3 is 6.09 Å². The van der Waals surface area contributed by atoms with E-state index in [2.05, 4.69) is 26.4 Å². The van der Waals surface area contributed by atoms with E-state index in [-0.39, 0.29) is 12.5 Å². The number of hydrogen-bond donors (Lipinski definition) is 1. The Kier molecular flexibility index (Phi) is 5.60. The first-order valence-corrected chi connectivity index (χ1v) is 8.90. The van der Waals surface area contributed by atoms with Gasteiger partial charge < -0.3 is 9.26 Å². The van der Waals surface area contributed by atoms with E-state index in [1.807, 2.05) is 42.5 Å². The van der Waals surface area contributed by atoms with Crippen LogP contribution >= 0.6 is 27.5 Å². The van der Waals surface area contributed by atoms with Crippen LogP contribution in [0.15, 0.2) is 56.5 Å². The SMILES string of the molecule is Cc1noc(-c2ccc(Br)cc2)c1NC(=O)OCC1CC=CC=C1Cl. The number of amides is 1. The molecule has 1 amide bonds. The summed E-state index contributed by atoms with van der Waals surface area (Å²) in [5, 5.41) is 7.34. The molecule has 0 saturated carbocycles. The monoisotopic (exact) mass is 422 g/mol. The summed E-state index contributed by atoms with van der Waals surface area (Å²) in [6.07, 6.45) is 5.88. The van der Waals surface area contributed by atoms with Crippen LogP contribution in [-0.4, -0.2) is 17.9 Å². The maximum atomic E-state index is 12.2. The van der Waals surface area contributed by atoms with Gasteiger partial charge in [0.25, 0.3) is 0 Å². The third kappa shape index (κ3) is 4.32. The number of nitrogens with zero attached hydrogens (tertiary/aromatic N) is 1. The number of nitrogens with one attached hydrogen (secondary N) is 1. The molecule has 25 heavy (non-hydrogen) atoms. The molecule has 0 spiro atoms. The minimum Gasteiger partial charge on any atom is -0.449 e. The Bertz CT molecular complexity index is 827. The van der Waals surface area contributed by atoms with Crippen LogP contribution in [0.25, 0.3) is 11.3 Å². The fourth-order valence-corrected chi connectivity index (χ4v) is 2.92. The van der Waals surface area contributed by atoms with Crippen LogP contribution in [0.1, 0.15) is 12.1 Å². The molecule has 1 heterocycles. The number of benzene rings is 1. The molecule has 0 radical (unpaired) electrons. The molecule has 1 unspecified atom stereocenters. The lowest BCUT2D eigenvalue weighted by atomic mass is 10.0. The second kappa shape index (κ2) is 7.89. The lowest BCUT2D eigenvalue weighted by molar-refractivity contribution is 0.148. The third-order valence-electron chi connectivity index (χ3n) is 3.81. The molecule has 1 aliphatic carbocycles. The van der Waals surface area contributed by atoms with E-state index in [0.717, 1.165) is 16.5 Å². The Morgan fingerprint density at radius 2 is 2.20 bits per heavy atom. The summed E-state index contributed by atoms with van der Waals surface area (Å²) < 4.78 is 11.6. The second-order valence-corrected chi connectivity index (χ2v) is 6.97. The average molecular weight is 424 g/mol. The Morgan fingerprint density at radius 3 is 2.92 bits per heavy atom. The highest BCUT2D eigenvalue weighted by Crippen LogP contribution is 2.32. The lowest BCUT2D eigenvalue weighted by Crippen LogP contribution is -2.20. The first kappa shape index (κ1) is 17.8. The Labute approximate surface area is 158 Å². The molecule has 0 aliphatic heterocycles. The number of aryl methyl sites for hydroxylation is 1. The van der Waals surface area contributed by atoms with Crippen LogP contribution in [0.5, 0.6) is 0 Å². The smallest absolute Gasteiger partial charge is 0.411 e. The van der Waals surface area contributed by atoms with Crippen LogP contribution in [-0.2, 0) is 4.74 Å². The zero-order valence-corrected chi connectivity index (χ0v) is 15.8. The topological polar surface area (TPSA) is 64.4 Å². The van der Waals surface area contributed by atoms with Crippen molar-refractivity contribution in [2.45, 2.75) is 13.3 Å².